The summed E-state index contributed by atoms with van der Waals surface area (Å²) in [7, 11) is -3.85. The lowest BCUT2D eigenvalue weighted by Crippen LogP contribution is -2.50. The van der Waals surface area contributed by atoms with E-state index in [1.807, 2.05) is 0 Å². The number of hydrogen-bond donors (Lipinski definition) is 3. The smallest absolute Gasteiger partial charge is 0.326 e. The van der Waals surface area contributed by atoms with E-state index in [1.54, 1.807) is 43.8 Å². The van der Waals surface area contributed by atoms with Gasteiger partial charge in [-0.25, -0.2) is 20.0 Å². The molecule has 0 saturated heterocycles. The number of nitrogens with zero attached hydrogens (tertiary/aromatic N) is 4. The molecule has 0 spiro atoms. The van der Waals surface area contributed by atoms with Crippen LogP contribution in [0.1, 0.15) is 56.8 Å². The Kier molecular flexibility index (Phi) is 8.90. The summed E-state index contributed by atoms with van der Waals surface area (Å²) in [6, 6.07) is 6.15. The second kappa shape index (κ2) is 12.0. The van der Waals surface area contributed by atoms with Crippen LogP contribution in [-0.2, 0) is 25.4 Å². The molecule has 12 nitrogen and oxygen atoms in total. The summed E-state index contributed by atoms with van der Waals surface area (Å²) in [4.78, 5) is 38.4. The van der Waals surface area contributed by atoms with Crippen LogP contribution >= 0.6 is 19.0 Å². The first-order chi connectivity index (χ1) is 18.5. The fourth-order valence-corrected chi connectivity index (χ4v) is 6.55. The van der Waals surface area contributed by atoms with Gasteiger partial charge in [-0.3, -0.25) is 19.2 Å². The number of halogens is 1. The summed E-state index contributed by atoms with van der Waals surface area (Å²) in [5.41, 5.74) is 5.75. The van der Waals surface area contributed by atoms with Crippen LogP contribution < -0.4 is 15.9 Å². The molecule has 0 unspecified atom stereocenters. The maximum Gasteiger partial charge on any atom is 0.326 e. The zero-order valence-electron chi connectivity index (χ0n) is 22.1. The molecule has 1 saturated carbocycles. The van der Waals surface area contributed by atoms with Crippen LogP contribution in [0.2, 0.25) is 5.02 Å². The van der Waals surface area contributed by atoms with E-state index in [9.17, 15) is 14.2 Å². The van der Waals surface area contributed by atoms with Gasteiger partial charge in [0.05, 0.1) is 19.0 Å². The first kappa shape index (κ1) is 28.9. The second-order valence-electron chi connectivity index (χ2n) is 10.2. The maximum atomic E-state index is 14.1. The van der Waals surface area contributed by atoms with Gasteiger partial charge in [-0.05, 0) is 70.7 Å². The van der Waals surface area contributed by atoms with Gasteiger partial charge in [0.1, 0.15) is 29.8 Å². The van der Waals surface area contributed by atoms with Crippen LogP contribution in [-0.4, -0.2) is 55.5 Å². The number of ether oxygens (including phenoxy) is 2. The summed E-state index contributed by atoms with van der Waals surface area (Å²) in [5.74, 6) is -0.894. The molecule has 0 aliphatic heterocycles. The zero-order chi connectivity index (χ0) is 28.2. The number of benzene rings is 1. The number of hydrogen-bond acceptors (Lipinski definition) is 9. The highest BCUT2D eigenvalue weighted by Gasteiger charge is 2.40. The highest BCUT2D eigenvalue weighted by molar-refractivity contribution is 7.60. The van der Waals surface area contributed by atoms with Gasteiger partial charge in [0.2, 0.25) is 0 Å². The zero-order valence-corrected chi connectivity index (χ0v) is 23.7. The van der Waals surface area contributed by atoms with E-state index in [0.717, 1.165) is 25.7 Å². The molecule has 1 aromatic carbocycles. The summed E-state index contributed by atoms with van der Waals surface area (Å²) >= 11 is 5.94. The molecule has 2 heterocycles. The maximum absolute atomic E-state index is 14.1. The number of nitrogens with two attached hydrogens (primary N) is 1. The van der Waals surface area contributed by atoms with Crippen molar-refractivity contribution < 1.29 is 23.6 Å². The molecule has 39 heavy (non-hydrogen) atoms. The number of amides is 1. The van der Waals surface area contributed by atoms with Gasteiger partial charge >= 0.3 is 5.97 Å². The molecule has 3 aromatic rings. The molecule has 1 amide bonds. The van der Waals surface area contributed by atoms with E-state index in [1.165, 1.54) is 18.5 Å². The molecule has 1 aliphatic carbocycles. The van der Waals surface area contributed by atoms with Crippen LogP contribution in [0.15, 0.2) is 36.9 Å². The van der Waals surface area contributed by atoms with E-state index in [2.05, 4.69) is 25.1 Å². The summed E-state index contributed by atoms with van der Waals surface area (Å²) < 4.78 is 27.5. The number of esters is 1. The van der Waals surface area contributed by atoms with Crippen molar-refractivity contribution in [2.24, 2.45) is 0 Å². The van der Waals surface area contributed by atoms with E-state index < -0.39 is 37.3 Å². The molecular weight excluding hydrogens is 545 g/mol. The number of nitrogens with one attached hydrogen (secondary N) is 2. The minimum atomic E-state index is -3.85. The number of nitrogen functional groups attached to an aromatic ring is 1. The number of fused-ring (bicyclic) bond motifs is 1. The van der Waals surface area contributed by atoms with E-state index in [0.29, 0.717) is 22.7 Å². The lowest BCUT2D eigenvalue weighted by atomic mass is 10.1. The lowest BCUT2D eigenvalue weighted by Gasteiger charge is -2.32. The van der Waals surface area contributed by atoms with Crippen LogP contribution in [0.25, 0.3) is 11.2 Å². The molecule has 2 atom stereocenters. The Labute approximate surface area is 231 Å². The number of carbonyl (C=O) groups is 2. The average Bonchev–Trinajstić information content (AvgIpc) is 3.54. The molecule has 1 aliphatic rings. The van der Waals surface area contributed by atoms with Crippen LogP contribution in [0, 0.1) is 0 Å². The normalized spacial score (nSPS) is 16.6. The molecule has 0 radical (unpaired) electrons. The van der Waals surface area contributed by atoms with Crippen molar-refractivity contribution in [3.63, 3.8) is 0 Å². The quantitative estimate of drug-likeness (QED) is 0.225. The number of aromatic nitrogens is 4. The summed E-state index contributed by atoms with van der Waals surface area (Å²) in [6.07, 6.45) is 5.47. The number of anilines is 1. The first-order valence-electron chi connectivity index (χ1n) is 12.7. The van der Waals surface area contributed by atoms with Crippen molar-refractivity contribution >= 4 is 47.9 Å². The van der Waals surface area contributed by atoms with Crippen molar-refractivity contribution in [2.45, 2.75) is 70.7 Å². The molecular formula is C25H33ClN7O5P. The van der Waals surface area contributed by atoms with Gasteiger partial charge in [-0.1, -0.05) is 11.6 Å². The Balaban J connectivity index is 1.48. The molecule has 14 heteroatoms. The average molecular weight is 578 g/mol. The Morgan fingerprint density at radius 2 is 1.90 bits per heavy atom. The van der Waals surface area contributed by atoms with Crippen LogP contribution in [0.4, 0.5) is 5.82 Å². The van der Waals surface area contributed by atoms with Gasteiger partial charge in [0.25, 0.3) is 13.4 Å². The second-order valence-corrected chi connectivity index (χ2v) is 12.8. The standard InChI is InChI=1S/C25H33ClN7O5P/c1-16(12-33-14-30-20-21(27)28-13-29-22(20)33)37-15-39(36,31-23(34)17-8-10-18(26)11-9-17)32-25(2,3)24(35)38-19-6-4-5-7-19/h8-11,13-14,16,19H,4-7,12,15H2,1-3H3,(H2,27,28,29)(H2,31,32,34,36)/t16-,39+/m1/s1. The highest BCUT2D eigenvalue weighted by Crippen LogP contribution is 2.40. The lowest BCUT2D eigenvalue weighted by molar-refractivity contribution is -0.154. The predicted octanol–water partition coefficient (Wildman–Crippen LogP) is 3.90. The van der Waals surface area contributed by atoms with Gasteiger partial charge in [0, 0.05) is 10.6 Å². The van der Waals surface area contributed by atoms with E-state index in [-0.39, 0.29) is 17.5 Å². The molecule has 2 aromatic heterocycles. The van der Waals surface area contributed by atoms with Crippen molar-refractivity contribution in [1.82, 2.24) is 29.7 Å². The Bertz CT molecular complexity index is 1370. The number of imidazole rings is 1. The summed E-state index contributed by atoms with van der Waals surface area (Å²) in [6.45, 7) is 5.22. The Morgan fingerprint density at radius 3 is 2.59 bits per heavy atom. The minimum Gasteiger partial charge on any atom is -0.461 e. The monoisotopic (exact) mass is 577 g/mol. The van der Waals surface area contributed by atoms with Crippen LogP contribution in [0.3, 0.4) is 0 Å². The molecule has 1 fully saturated rings. The van der Waals surface area contributed by atoms with Crippen molar-refractivity contribution in [3.05, 3.63) is 47.5 Å². The van der Waals surface area contributed by atoms with Gasteiger partial charge in [0.15, 0.2) is 11.5 Å². The molecule has 4 rings (SSSR count). The molecule has 4 N–H and O–H groups in total. The third-order valence-corrected chi connectivity index (χ3v) is 8.61. The first-order valence-corrected chi connectivity index (χ1v) is 14.9. The fraction of sp³-hybridized carbons (Fsp3) is 0.480. The number of rotatable bonds is 11. The fourth-order valence-electron chi connectivity index (χ4n) is 4.32. The third-order valence-electron chi connectivity index (χ3n) is 6.36. The summed E-state index contributed by atoms with van der Waals surface area (Å²) in [5, 5.41) is 5.87. The highest BCUT2D eigenvalue weighted by atomic mass is 35.5. The minimum absolute atomic E-state index is 0.166. The van der Waals surface area contributed by atoms with Gasteiger partial charge in [-0.15, -0.1) is 0 Å². The Morgan fingerprint density at radius 1 is 1.21 bits per heavy atom. The molecule has 0 bridgehead atoms. The molecule has 210 valence electrons. The van der Waals surface area contributed by atoms with Crippen molar-refractivity contribution in [3.8, 4) is 0 Å². The van der Waals surface area contributed by atoms with Gasteiger partial charge < -0.3 is 19.8 Å². The SMILES string of the molecule is C[C@H](Cn1cnc2c(N)ncnc21)OC[P@](=O)(NC(=O)c1ccc(Cl)cc1)NC(C)(C)C(=O)OC1CCCC1. The third kappa shape index (κ3) is 7.33. The van der Waals surface area contributed by atoms with E-state index >= 15 is 0 Å². The largest absolute Gasteiger partial charge is 0.461 e. The van der Waals surface area contributed by atoms with Crippen LogP contribution in [0.5, 0.6) is 0 Å². The van der Waals surface area contributed by atoms with Crippen molar-refractivity contribution in [1.29, 1.82) is 0 Å². The van der Waals surface area contributed by atoms with E-state index in [4.69, 9.17) is 26.8 Å². The van der Waals surface area contributed by atoms with Crippen molar-refractivity contribution in [2.75, 3.05) is 12.1 Å². The predicted molar refractivity (Wildman–Crippen MR) is 147 cm³/mol. The number of carbonyl (C=O) groups excluding carboxylic acids is 2. The Hall–Kier alpha value is -3.05. The van der Waals surface area contributed by atoms with Gasteiger partial charge in [-0.2, -0.15) is 0 Å². The topological polar surface area (TPSA) is 163 Å².